The highest BCUT2D eigenvalue weighted by molar-refractivity contribution is 9.10. The number of carbonyl (C=O) groups excluding carboxylic acids is 1. The second kappa shape index (κ2) is 7.23. The van der Waals surface area contributed by atoms with E-state index in [0.717, 1.165) is 16.5 Å². The van der Waals surface area contributed by atoms with Crippen molar-refractivity contribution in [3.63, 3.8) is 0 Å². The van der Waals surface area contributed by atoms with Gasteiger partial charge < -0.3 is 5.32 Å². The van der Waals surface area contributed by atoms with Gasteiger partial charge in [0.05, 0.1) is 6.04 Å². The molecule has 0 aliphatic carbocycles. The molecule has 1 rings (SSSR count). The van der Waals surface area contributed by atoms with Crippen LogP contribution < -0.4 is 10.6 Å². The van der Waals surface area contributed by atoms with Crippen LogP contribution in [0.15, 0.2) is 28.7 Å². The van der Waals surface area contributed by atoms with Crippen LogP contribution in [0.1, 0.15) is 52.6 Å². The Bertz CT molecular complexity index is 460. The summed E-state index contributed by atoms with van der Waals surface area (Å²) in [5.41, 5.74) is 1.00. The lowest BCUT2D eigenvalue weighted by Crippen LogP contribution is -2.51. The molecule has 1 amide bonds. The minimum absolute atomic E-state index is 0.0405. The molecule has 0 bridgehead atoms. The predicted molar refractivity (Wildman–Crippen MR) is 87.7 cm³/mol. The van der Waals surface area contributed by atoms with Crippen LogP contribution in [0.2, 0.25) is 0 Å². The number of carbonyl (C=O) groups is 1. The van der Waals surface area contributed by atoms with Gasteiger partial charge in [0.1, 0.15) is 0 Å². The Morgan fingerprint density at radius 1 is 1.35 bits per heavy atom. The van der Waals surface area contributed by atoms with Crippen LogP contribution in [-0.4, -0.2) is 17.5 Å². The van der Waals surface area contributed by atoms with Crippen molar-refractivity contribution < 1.29 is 4.79 Å². The molecule has 0 radical (unpaired) electrons. The standard InChI is InChI=1S/C16H25BrN2O/c1-6-16(4,5)19-15(20)12(3)18-11(2)13-8-7-9-14(17)10-13/h7-12,18H,6H2,1-5H3,(H,19,20)/t11-,12?/m1/s1. The zero-order chi connectivity index (χ0) is 15.3. The van der Waals surface area contributed by atoms with E-state index in [1.54, 1.807) is 0 Å². The van der Waals surface area contributed by atoms with Crippen molar-refractivity contribution in [1.29, 1.82) is 0 Å². The van der Waals surface area contributed by atoms with Crippen LogP contribution in [-0.2, 0) is 4.79 Å². The first kappa shape index (κ1) is 17.2. The van der Waals surface area contributed by atoms with Crippen molar-refractivity contribution in [1.82, 2.24) is 10.6 Å². The number of hydrogen-bond donors (Lipinski definition) is 2. The van der Waals surface area contributed by atoms with Crippen LogP contribution in [0, 0.1) is 0 Å². The third-order valence-corrected chi connectivity index (χ3v) is 4.08. The summed E-state index contributed by atoms with van der Waals surface area (Å²) in [4.78, 5) is 12.2. The number of rotatable bonds is 6. The van der Waals surface area contributed by atoms with Crippen molar-refractivity contribution in [3.05, 3.63) is 34.3 Å². The van der Waals surface area contributed by atoms with E-state index in [-0.39, 0.29) is 23.5 Å². The first-order valence-electron chi connectivity index (χ1n) is 7.08. The Kier molecular flexibility index (Phi) is 6.21. The van der Waals surface area contributed by atoms with Crippen molar-refractivity contribution in [2.45, 2.75) is 58.7 Å². The van der Waals surface area contributed by atoms with Gasteiger partial charge in [0.15, 0.2) is 0 Å². The fraction of sp³-hybridized carbons (Fsp3) is 0.562. The summed E-state index contributed by atoms with van der Waals surface area (Å²) < 4.78 is 1.05. The lowest BCUT2D eigenvalue weighted by atomic mass is 10.0. The molecule has 112 valence electrons. The van der Waals surface area contributed by atoms with Gasteiger partial charge >= 0.3 is 0 Å². The molecule has 0 aromatic heterocycles. The SMILES string of the molecule is CCC(C)(C)NC(=O)C(C)N[C@H](C)c1cccc(Br)c1. The van der Waals surface area contributed by atoms with Crippen LogP contribution in [0.3, 0.4) is 0 Å². The maximum absolute atomic E-state index is 12.2. The van der Waals surface area contributed by atoms with Crippen LogP contribution in [0.4, 0.5) is 0 Å². The van der Waals surface area contributed by atoms with E-state index in [4.69, 9.17) is 0 Å². The molecule has 0 saturated heterocycles. The molecule has 0 heterocycles. The van der Waals surface area contributed by atoms with Crippen molar-refractivity contribution in [2.75, 3.05) is 0 Å². The number of hydrogen-bond acceptors (Lipinski definition) is 2. The van der Waals surface area contributed by atoms with Crippen molar-refractivity contribution in [2.24, 2.45) is 0 Å². The average molecular weight is 341 g/mol. The summed E-state index contributed by atoms with van der Waals surface area (Å²) in [6.07, 6.45) is 0.909. The third-order valence-electron chi connectivity index (χ3n) is 3.59. The van der Waals surface area contributed by atoms with E-state index in [0.29, 0.717) is 0 Å². The molecule has 3 nitrogen and oxygen atoms in total. The van der Waals surface area contributed by atoms with E-state index in [1.807, 2.05) is 32.9 Å². The fourth-order valence-corrected chi connectivity index (χ4v) is 2.27. The number of nitrogens with one attached hydrogen (secondary N) is 2. The van der Waals surface area contributed by atoms with Crippen molar-refractivity contribution in [3.8, 4) is 0 Å². The Morgan fingerprint density at radius 2 is 2.00 bits per heavy atom. The summed E-state index contributed by atoms with van der Waals surface area (Å²) in [6, 6.07) is 8.02. The number of amides is 1. The Labute approximate surface area is 130 Å². The molecular formula is C16H25BrN2O. The summed E-state index contributed by atoms with van der Waals surface area (Å²) >= 11 is 3.47. The van der Waals surface area contributed by atoms with Gasteiger partial charge in [0.25, 0.3) is 0 Å². The summed E-state index contributed by atoms with van der Waals surface area (Å²) in [5, 5.41) is 6.40. The van der Waals surface area contributed by atoms with Gasteiger partial charge in [-0.25, -0.2) is 0 Å². The summed E-state index contributed by atoms with van der Waals surface area (Å²) in [7, 11) is 0. The molecule has 0 aliphatic rings. The molecule has 1 aromatic carbocycles. The van der Waals surface area contributed by atoms with E-state index < -0.39 is 0 Å². The zero-order valence-electron chi connectivity index (χ0n) is 13.0. The highest BCUT2D eigenvalue weighted by Crippen LogP contribution is 2.18. The molecule has 0 saturated carbocycles. The van der Waals surface area contributed by atoms with Gasteiger partial charge in [-0.1, -0.05) is 35.0 Å². The minimum atomic E-state index is -0.227. The van der Waals surface area contributed by atoms with Crippen molar-refractivity contribution >= 4 is 21.8 Å². The van der Waals surface area contributed by atoms with Gasteiger partial charge in [0, 0.05) is 16.1 Å². The molecule has 1 aromatic rings. The number of benzene rings is 1. The maximum Gasteiger partial charge on any atom is 0.237 e. The fourth-order valence-electron chi connectivity index (χ4n) is 1.85. The lowest BCUT2D eigenvalue weighted by molar-refractivity contribution is -0.124. The van der Waals surface area contributed by atoms with Crippen LogP contribution in [0.5, 0.6) is 0 Å². The molecular weight excluding hydrogens is 316 g/mol. The maximum atomic E-state index is 12.2. The Hall–Kier alpha value is -0.870. The molecule has 2 N–H and O–H groups in total. The van der Waals surface area contributed by atoms with Gasteiger partial charge in [0.2, 0.25) is 5.91 Å². The van der Waals surface area contributed by atoms with Gasteiger partial charge in [-0.3, -0.25) is 10.1 Å². The lowest BCUT2D eigenvalue weighted by Gasteiger charge is -2.28. The molecule has 20 heavy (non-hydrogen) atoms. The molecule has 0 aliphatic heterocycles. The van der Waals surface area contributed by atoms with Gasteiger partial charge in [-0.05, 0) is 51.8 Å². The average Bonchev–Trinajstić information content (AvgIpc) is 2.38. The first-order valence-corrected chi connectivity index (χ1v) is 7.88. The smallest absolute Gasteiger partial charge is 0.237 e. The molecule has 2 atom stereocenters. The summed E-state index contributed by atoms with van der Waals surface area (Å²) in [6.45, 7) is 10.1. The van der Waals surface area contributed by atoms with Crippen LogP contribution in [0.25, 0.3) is 0 Å². The highest BCUT2D eigenvalue weighted by Gasteiger charge is 2.22. The van der Waals surface area contributed by atoms with Gasteiger partial charge in [-0.2, -0.15) is 0 Å². The first-order chi connectivity index (χ1) is 9.25. The van der Waals surface area contributed by atoms with Gasteiger partial charge in [-0.15, -0.1) is 0 Å². The zero-order valence-corrected chi connectivity index (χ0v) is 14.5. The Morgan fingerprint density at radius 3 is 2.55 bits per heavy atom. The van der Waals surface area contributed by atoms with E-state index in [1.165, 1.54) is 0 Å². The normalized spacial score (nSPS) is 14.7. The third kappa shape index (κ3) is 5.25. The monoisotopic (exact) mass is 340 g/mol. The topological polar surface area (TPSA) is 41.1 Å². The highest BCUT2D eigenvalue weighted by atomic mass is 79.9. The predicted octanol–water partition coefficient (Wildman–Crippen LogP) is 3.79. The summed E-state index contributed by atoms with van der Waals surface area (Å²) in [5.74, 6) is 0.0405. The Balaban J connectivity index is 2.61. The second-order valence-corrected chi connectivity index (χ2v) is 6.81. The molecule has 0 fully saturated rings. The number of halogens is 1. The molecule has 4 heteroatoms. The van der Waals surface area contributed by atoms with Crippen LogP contribution >= 0.6 is 15.9 Å². The largest absolute Gasteiger partial charge is 0.350 e. The molecule has 0 spiro atoms. The molecule has 1 unspecified atom stereocenters. The van der Waals surface area contributed by atoms with E-state index in [2.05, 4.69) is 52.5 Å². The minimum Gasteiger partial charge on any atom is -0.350 e. The second-order valence-electron chi connectivity index (χ2n) is 5.89. The quantitative estimate of drug-likeness (QED) is 0.826. The van der Waals surface area contributed by atoms with E-state index >= 15 is 0 Å². The van der Waals surface area contributed by atoms with E-state index in [9.17, 15) is 4.79 Å².